The molecule has 0 radical (unpaired) electrons. The molecule has 2 nitrogen and oxygen atoms in total. The minimum atomic E-state index is 0.806. The smallest absolute Gasteiger partial charge is 0.136 e. The Kier molecular flexibility index (Phi) is 7.42. The zero-order valence-electron chi connectivity index (χ0n) is 21.2. The average Bonchev–Trinajstić information content (AvgIpc) is 2.99. The molecule has 0 spiro atoms. The lowest BCUT2D eigenvalue weighted by molar-refractivity contribution is 0.483. The number of ether oxygens (including phenoxy) is 2. The summed E-state index contributed by atoms with van der Waals surface area (Å²) in [5.74, 6) is 3.24. The molecule has 3 heteroatoms. The Labute approximate surface area is 233 Å². The zero-order chi connectivity index (χ0) is 26.3. The Bertz CT molecular complexity index is 1520. The van der Waals surface area contributed by atoms with Crippen LogP contribution in [0.5, 0.6) is 23.0 Å². The first kappa shape index (κ1) is 24.6. The quantitative estimate of drug-likeness (QED) is 0.198. The fourth-order valence-corrected chi connectivity index (χ4v) is 5.66. The Morgan fingerprint density at radius 3 is 1.08 bits per heavy atom. The highest BCUT2D eigenvalue weighted by atomic mass is 32.2. The van der Waals surface area contributed by atoms with Crippen LogP contribution in [0.1, 0.15) is 0 Å². The maximum atomic E-state index is 6.42. The Hall–Kier alpha value is -4.73. The van der Waals surface area contributed by atoms with Crippen molar-refractivity contribution in [3.05, 3.63) is 158 Å². The monoisotopic (exact) mass is 522 g/mol. The van der Waals surface area contributed by atoms with Crippen LogP contribution in [0.25, 0.3) is 22.3 Å². The van der Waals surface area contributed by atoms with Gasteiger partial charge in [-0.3, -0.25) is 0 Å². The van der Waals surface area contributed by atoms with E-state index in [9.17, 15) is 0 Å². The molecule has 0 atom stereocenters. The second-order valence-electron chi connectivity index (χ2n) is 8.92. The maximum absolute atomic E-state index is 6.42. The first-order valence-corrected chi connectivity index (χ1v) is 13.7. The first-order valence-electron chi connectivity index (χ1n) is 12.9. The van der Waals surface area contributed by atoms with Gasteiger partial charge in [0.25, 0.3) is 0 Å². The minimum absolute atomic E-state index is 0.806. The van der Waals surface area contributed by atoms with Crippen molar-refractivity contribution in [1.29, 1.82) is 0 Å². The van der Waals surface area contributed by atoms with Crippen LogP contribution < -0.4 is 9.47 Å². The summed E-state index contributed by atoms with van der Waals surface area (Å²) < 4.78 is 12.8. The fraction of sp³-hybridized carbons (Fsp3) is 0. The highest BCUT2D eigenvalue weighted by Gasteiger charge is 2.18. The summed E-state index contributed by atoms with van der Waals surface area (Å²) >= 11 is 1.72. The maximum Gasteiger partial charge on any atom is 0.136 e. The molecule has 0 unspecified atom stereocenters. The molecule has 188 valence electrons. The van der Waals surface area contributed by atoms with Crippen molar-refractivity contribution in [3.63, 3.8) is 0 Å². The first-order chi connectivity index (χ1) is 19.3. The normalized spacial score (nSPS) is 10.7. The van der Waals surface area contributed by atoms with Gasteiger partial charge in [0.1, 0.15) is 23.0 Å². The van der Waals surface area contributed by atoms with E-state index in [1.165, 1.54) is 0 Å². The lowest BCUT2D eigenvalue weighted by atomic mass is 10.0. The van der Waals surface area contributed by atoms with Crippen molar-refractivity contribution in [3.8, 4) is 45.3 Å². The van der Waals surface area contributed by atoms with Crippen LogP contribution in [-0.2, 0) is 0 Å². The third-order valence-electron chi connectivity index (χ3n) is 6.26. The van der Waals surface area contributed by atoms with Gasteiger partial charge in [0.2, 0.25) is 0 Å². The summed E-state index contributed by atoms with van der Waals surface area (Å²) in [6.07, 6.45) is 0. The molecule has 0 heterocycles. The van der Waals surface area contributed by atoms with Gasteiger partial charge < -0.3 is 9.47 Å². The molecule has 6 aromatic rings. The van der Waals surface area contributed by atoms with Gasteiger partial charge in [-0.15, -0.1) is 0 Å². The summed E-state index contributed by atoms with van der Waals surface area (Å²) in [5.41, 5.74) is 4.31. The average molecular weight is 523 g/mol. The van der Waals surface area contributed by atoms with Crippen molar-refractivity contribution in [2.45, 2.75) is 9.79 Å². The van der Waals surface area contributed by atoms with Crippen molar-refractivity contribution >= 4 is 11.8 Å². The number of para-hydroxylation sites is 2. The molecule has 0 amide bonds. The van der Waals surface area contributed by atoms with Crippen molar-refractivity contribution < 1.29 is 9.47 Å². The molecule has 0 saturated heterocycles. The highest BCUT2D eigenvalue weighted by molar-refractivity contribution is 7.99. The summed E-state index contributed by atoms with van der Waals surface area (Å²) in [5, 5.41) is 0. The van der Waals surface area contributed by atoms with E-state index in [4.69, 9.17) is 9.47 Å². The summed E-state index contributed by atoms with van der Waals surface area (Å²) in [6.45, 7) is 0. The van der Waals surface area contributed by atoms with E-state index in [1.807, 2.05) is 84.9 Å². The predicted octanol–water partition coefficient (Wildman–Crippen LogP) is 10.8. The van der Waals surface area contributed by atoms with Gasteiger partial charge in [-0.25, -0.2) is 0 Å². The van der Waals surface area contributed by atoms with Gasteiger partial charge >= 0.3 is 0 Å². The molecule has 0 aliphatic heterocycles. The van der Waals surface area contributed by atoms with E-state index >= 15 is 0 Å². The minimum Gasteiger partial charge on any atom is -0.457 e. The standard InChI is InChI=1S/C36H26O2S/c1-5-15-27(16-6-1)35-31(37-29-19-9-3-10-20-29)23-13-25-33(35)39-34-26-14-24-32(38-30-21-11-4-12-22-30)36(34)28-17-7-2-8-18-28/h1-26H. The van der Waals surface area contributed by atoms with E-state index in [2.05, 4.69) is 72.8 Å². The van der Waals surface area contributed by atoms with Crippen LogP contribution in [0.3, 0.4) is 0 Å². The van der Waals surface area contributed by atoms with Crippen molar-refractivity contribution in [1.82, 2.24) is 0 Å². The second-order valence-corrected chi connectivity index (χ2v) is 10.0. The number of hydrogen-bond acceptors (Lipinski definition) is 3. The number of rotatable bonds is 8. The van der Waals surface area contributed by atoms with Gasteiger partial charge in [0.05, 0.1) is 0 Å². The Balaban J connectivity index is 1.47. The van der Waals surface area contributed by atoms with Crippen molar-refractivity contribution in [2.75, 3.05) is 0 Å². The van der Waals surface area contributed by atoms with Gasteiger partial charge in [0, 0.05) is 20.9 Å². The lowest BCUT2D eigenvalue weighted by Crippen LogP contribution is -1.93. The van der Waals surface area contributed by atoms with Crippen LogP contribution in [0.15, 0.2) is 168 Å². The second kappa shape index (κ2) is 11.8. The molecular weight excluding hydrogens is 496 g/mol. The fourth-order valence-electron chi connectivity index (χ4n) is 4.49. The van der Waals surface area contributed by atoms with E-state index in [0.717, 1.165) is 55.0 Å². The topological polar surface area (TPSA) is 18.5 Å². The van der Waals surface area contributed by atoms with Gasteiger partial charge in [-0.1, -0.05) is 121 Å². The largest absolute Gasteiger partial charge is 0.457 e. The summed E-state index contributed by atoms with van der Waals surface area (Å²) in [4.78, 5) is 2.20. The van der Waals surface area contributed by atoms with Crippen LogP contribution >= 0.6 is 11.8 Å². The predicted molar refractivity (Wildman–Crippen MR) is 161 cm³/mol. The number of hydrogen-bond donors (Lipinski definition) is 0. The van der Waals surface area contributed by atoms with Crippen LogP contribution in [-0.4, -0.2) is 0 Å². The zero-order valence-corrected chi connectivity index (χ0v) is 22.1. The molecule has 0 aromatic heterocycles. The van der Waals surface area contributed by atoms with E-state index in [-0.39, 0.29) is 0 Å². The summed E-state index contributed by atoms with van der Waals surface area (Å²) in [6, 6.07) is 53.2. The molecule has 0 bridgehead atoms. The molecular formula is C36H26O2S. The molecule has 6 rings (SSSR count). The molecule has 0 aliphatic carbocycles. The van der Waals surface area contributed by atoms with Crippen LogP contribution in [0.4, 0.5) is 0 Å². The molecule has 0 aliphatic rings. The molecule has 6 aromatic carbocycles. The summed E-state index contributed by atoms with van der Waals surface area (Å²) in [7, 11) is 0. The third kappa shape index (κ3) is 5.74. The third-order valence-corrected chi connectivity index (χ3v) is 7.38. The molecule has 0 saturated carbocycles. The van der Waals surface area contributed by atoms with E-state index in [0.29, 0.717) is 0 Å². The number of benzene rings is 6. The lowest BCUT2D eigenvalue weighted by Gasteiger charge is -2.19. The Morgan fingerprint density at radius 1 is 0.333 bits per heavy atom. The Morgan fingerprint density at radius 2 is 0.692 bits per heavy atom. The van der Waals surface area contributed by atoms with Gasteiger partial charge in [-0.05, 0) is 59.7 Å². The van der Waals surface area contributed by atoms with E-state index < -0.39 is 0 Å². The molecule has 0 N–H and O–H groups in total. The molecule has 39 heavy (non-hydrogen) atoms. The highest BCUT2D eigenvalue weighted by Crippen LogP contribution is 2.47. The van der Waals surface area contributed by atoms with Crippen molar-refractivity contribution in [2.24, 2.45) is 0 Å². The molecule has 0 fully saturated rings. The van der Waals surface area contributed by atoms with E-state index in [1.54, 1.807) is 11.8 Å². The van der Waals surface area contributed by atoms with Crippen LogP contribution in [0.2, 0.25) is 0 Å². The van der Waals surface area contributed by atoms with Gasteiger partial charge in [0.15, 0.2) is 0 Å². The van der Waals surface area contributed by atoms with Gasteiger partial charge in [-0.2, -0.15) is 0 Å². The SMILES string of the molecule is c1ccc(Oc2cccc(Sc3cccc(Oc4ccccc4)c3-c3ccccc3)c2-c2ccccc2)cc1. The van der Waals surface area contributed by atoms with Crippen LogP contribution in [0, 0.1) is 0 Å².